The number of carbonyl (C=O) groups is 3. The Bertz CT molecular complexity index is 1140. The van der Waals surface area contributed by atoms with E-state index in [9.17, 15) is 19.6 Å². The first-order valence-electron chi connectivity index (χ1n) is 7.20. The number of hydrogen-bond donors (Lipinski definition) is 1. The lowest BCUT2D eigenvalue weighted by Gasteiger charge is -2.11. The summed E-state index contributed by atoms with van der Waals surface area (Å²) in [6.45, 7) is 0. The Morgan fingerprint density at radius 3 is 2.52 bits per heavy atom. The minimum atomic E-state index is -1.18. The molecule has 25 heavy (non-hydrogen) atoms. The Hall–Kier alpha value is -3.50. The van der Waals surface area contributed by atoms with E-state index < -0.39 is 17.8 Å². The number of fused-ring (bicyclic) bond motifs is 2. The topological polar surface area (TPSA) is 98.5 Å². The first-order valence-corrected chi connectivity index (χ1v) is 8.02. The second kappa shape index (κ2) is 5.26. The van der Waals surface area contributed by atoms with Crippen LogP contribution in [0.25, 0.3) is 10.1 Å². The first-order chi connectivity index (χ1) is 12.0. The SMILES string of the molecule is N#Cc1c(N2C(=O)c3ccc(C(=O)O)cc3C2=O)sc2ccccc12. The fourth-order valence-electron chi connectivity index (χ4n) is 2.86. The minimum absolute atomic E-state index is 0.0336. The zero-order valence-electron chi connectivity index (χ0n) is 12.5. The van der Waals surface area contributed by atoms with Gasteiger partial charge < -0.3 is 5.11 Å². The van der Waals surface area contributed by atoms with E-state index in [0.717, 1.165) is 9.60 Å². The van der Waals surface area contributed by atoms with E-state index in [0.29, 0.717) is 5.39 Å². The van der Waals surface area contributed by atoms with Crippen molar-refractivity contribution in [3.05, 3.63) is 64.7 Å². The molecule has 6 nitrogen and oxygen atoms in total. The Labute approximate surface area is 145 Å². The smallest absolute Gasteiger partial charge is 0.335 e. The molecule has 2 heterocycles. The summed E-state index contributed by atoms with van der Waals surface area (Å²) in [5, 5.41) is 19.5. The number of benzene rings is 2. The highest BCUT2D eigenvalue weighted by Crippen LogP contribution is 2.41. The molecule has 0 bridgehead atoms. The summed E-state index contributed by atoms with van der Waals surface area (Å²) in [4.78, 5) is 37.5. The van der Waals surface area contributed by atoms with Crippen LogP contribution in [-0.4, -0.2) is 22.9 Å². The molecular weight excluding hydrogens is 340 g/mol. The van der Waals surface area contributed by atoms with Crippen molar-refractivity contribution in [3.63, 3.8) is 0 Å². The maximum absolute atomic E-state index is 12.7. The third-order valence-electron chi connectivity index (χ3n) is 4.03. The number of carbonyl (C=O) groups excluding carboxylic acids is 2. The van der Waals surface area contributed by atoms with Gasteiger partial charge in [0.1, 0.15) is 11.1 Å². The van der Waals surface area contributed by atoms with Crippen LogP contribution in [0.2, 0.25) is 0 Å². The minimum Gasteiger partial charge on any atom is -0.478 e. The van der Waals surface area contributed by atoms with Crippen molar-refractivity contribution in [3.8, 4) is 6.07 Å². The highest BCUT2D eigenvalue weighted by atomic mass is 32.1. The summed E-state index contributed by atoms with van der Waals surface area (Å²) in [5.74, 6) is -2.35. The van der Waals surface area contributed by atoms with Gasteiger partial charge in [-0.25, -0.2) is 9.69 Å². The van der Waals surface area contributed by atoms with Crippen molar-refractivity contribution in [1.29, 1.82) is 5.26 Å². The van der Waals surface area contributed by atoms with Crippen LogP contribution in [-0.2, 0) is 0 Å². The molecule has 4 rings (SSSR count). The summed E-state index contributed by atoms with van der Waals surface area (Å²) in [6.07, 6.45) is 0. The molecule has 2 aromatic carbocycles. The van der Waals surface area contributed by atoms with Crippen molar-refractivity contribution in [1.82, 2.24) is 0 Å². The van der Waals surface area contributed by atoms with Crippen LogP contribution < -0.4 is 4.90 Å². The zero-order valence-corrected chi connectivity index (χ0v) is 13.3. The number of carboxylic acid groups (broad SMARTS) is 1. The Morgan fingerprint density at radius 1 is 1.08 bits per heavy atom. The zero-order chi connectivity index (χ0) is 17.7. The van der Waals surface area contributed by atoms with Gasteiger partial charge in [-0.2, -0.15) is 5.26 Å². The number of hydrogen-bond acceptors (Lipinski definition) is 5. The predicted octanol–water partition coefficient (Wildman–Crippen LogP) is 3.27. The standard InChI is InChI=1S/C18H8N2O4S/c19-8-13-10-3-1-2-4-14(10)25-17(13)20-15(21)11-6-5-9(18(23)24)7-12(11)16(20)22/h1-7H,(H,23,24). The Balaban J connectivity index is 1.91. The van der Waals surface area contributed by atoms with Gasteiger partial charge in [0.15, 0.2) is 0 Å². The molecule has 0 saturated heterocycles. The molecule has 0 radical (unpaired) electrons. The van der Waals surface area contributed by atoms with E-state index in [1.54, 1.807) is 12.1 Å². The van der Waals surface area contributed by atoms with Gasteiger partial charge in [0.25, 0.3) is 11.8 Å². The van der Waals surface area contributed by atoms with Crippen LogP contribution in [0, 0.1) is 11.3 Å². The molecule has 0 saturated carbocycles. The molecule has 1 aliphatic heterocycles. The molecule has 1 aliphatic rings. The number of aromatic carboxylic acids is 1. The van der Waals surface area contributed by atoms with E-state index in [1.807, 2.05) is 12.1 Å². The second-order valence-corrected chi connectivity index (χ2v) is 6.43. The number of nitrogens with zero attached hydrogens (tertiary/aromatic N) is 2. The number of nitriles is 1. The summed E-state index contributed by atoms with van der Waals surface area (Å²) < 4.78 is 0.789. The Kier molecular flexibility index (Phi) is 3.17. The molecule has 0 unspecified atom stereocenters. The Morgan fingerprint density at radius 2 is 1.80 bits per heavy atom. The predicted molar refractivity (Wildman–Crippen MR) is 91.1 cm³/mol. The molecule has 2 amide bonds. The number of carboxylic acids is 1. The molecule has 3 aromatic rings. The van der Waals surface area contributed by atoms with Crippen molar-refractivity contribution < 1.29 is 19.5 Å². The van der Waals surface area contributed by atoms with Gasteiger partial charge in [-0.1, -0.05) is 18.2 Å². The summed E-state index contributed by atoms with van der Waals surface area (Å²) >= 11 is 1.18. The average molecular weight is 348 g/mol. The van der Waals surface area contributed by atoms with Crippen molar-refractivity contribution in [2.24, 2.45) is 0 Å². The molecule has 120 valence electrons. The maximum Gasteiger partial charge on any atom is 0.335 e. The quantitative estimate of drug-likeness (QED) is 0.717. The van der Waals surface area contributed by atoms with Gasteiger partial charge in [0.2, 0.25) is 0 Å². The normalized spacial score (nSPS) is 13.2. The summed E-state index contributed by atoms with van der Waals surface area (Å²) in [6, 6.07) is 13.0. The fourth-order valence-corrected chi connectivity index (χ4v) is 4.01. The summed E-state index contributed by atoms with van der Waals surface area (Å²) in [7, 11) is 0. The maximum atomic E-state index is 12.7. The van der Waals surface area contributed by atoms with Gasteiger partial charge in [-0.3, -0.25) is 9.59 Å². The van der Waals surface area contributed by atoms with E-state index in [-0.39, 0.29) is 27.3 Å². The third-order valence-corrected chi connectivity index (χ3v) is 5.18. The van der Waals surface area contributed by atoms with Gasteiger partial charge >= 0.3 is 5.97 Å². The van der Waals surface area contributed by atoms with Crippen molar-refractivity contribution in [2.45, 2.75) is 0 Å². The largest absolute Gasteiger partial charge is 0.478 e. The van der Waals surface area contributed by atoms with Crippen LogP contribution in [0.3, 0.4) is 0 Å². The molecule has 7 heteroatoms. The summed E-state index contributed by atoms with van der Waals surface area (Å²) in [5.41, 5.74) is 0.356. The van der Waals surface area contributed by atoms with Gasteiger partial charge in [-0.15, -0.1) is 11.3 Å². The molecule has 0 fully saturated rings. The lowest BCUT2D eigenvalue weighted by molar-refractivity contribution is 0.0696. The number of rotatable bonds is 2. The number of anilines is 1. The van der Waals surface area contributed by atoms with Crippen LogP contribution >= 0.6 is 11.3 Å². The van der Waals surface area contributed by atoms with Crippen molar-refractivity contribution in [2.75, 3.05) is 4.90 Å². The second-order valence-electron chi connectivity index (χ2n) is 5.40. The van der Waals surface area contributed by atoms with Crippen LogP contribution in [0.1, 0.15) is 36.6 Å². The van der Waals surface area contributed by atoms with E-state index in [1.165, 1.54) is 29.5 Å². The van der Waals surface area contributed by atoms with Gasteiger partial charge in [0.05, 0.1) is 22.3 Å². The molecule has 1 N–H and O–H groups in total. The highest BCUT2D eigenvalue weighted by molar-refractivity contribution is 7.23. The molecule has 1 aromatic heterocycles. The van der Waals surface area contributed by atoms with E-state index in [4.69, 9.17) is 5.11 Å². The van der Waals surface area contributed by atoms with Crippen LogP contribution in [0.15, 0.2) is 42.5 Å². The first kappa shape index (κ1) is 15.1. The number of amides is 2. The highest BCUT2D eigenvalue weighted by Gasteiger charge is 2.39. The van der Waals surface area contributed by atoms with E-state index in [2.05, 4.69) is 6.07 Å². The number of thiophene rings is 1. The molecular formula is C18H8N2O4S. The third kappa shape index (κ3) is 2.05. The van der Waals surface area contributed by atoms with E-state index >= 15 is 0 Å². The lowest BCUT2D eigenvalue weighted by atomic mass is 10.1. The molecule has 0 aliphatic carbocycles. The van der Waals surface area contributed by atoms with Crippen molar-refractivity contribution >= 4 is 44.2 Å². The van der Waals surface area contributed by atoms with Crippen LogP contribution in [0.5, 0.6) is 0 Å². The molecule has 0 atom stereocenters. The molecule has 0 spiro atoms. The van der Waals surface area contributed by atoms with Crippen LogP contribution in [0.4, 0.5) is 5.00 Å². The lowest BCUT2D eigenvalue weighted by Crippen LogP contribution is -2.29. The van der Waals surface area contributed by atoms with Gasteiger partial charge in [0, 0.05) is 10.1 Å². The fraction of sp³-hybridized carbons (Fsp3) is 0. The average Bonchev–Trinajstić information content (AvgIpc) is 3.09. The van der Waals surface area contributed by atoms with Gasteiger partial charge in [-0.05, 0) is 24.3 Å². The monoisotopic (exact) mass is 348 g/mol. The number of imide groups is 1.